The maximum absolute atomic E-state index is 13.1. The van der Waals surface area contributed by atoms with Gasteiger partial charge in [0.1, 0.15) is 5.82 Å². The van der Waals surface area contributed by atoms with Crippen LogP contribution in [-0.2, 0) is 0 Å². The van der Waals surface area contributed by atoms with Gasteiger partial charge in [0.05, 0.1) is 11.9 Å². The molecule has 0 aliphatic carbocycles. The third kappa shape index (κ3) is 3.23. The van der Waals surface area contributed by atoms with Crippen molar-refractivity contribution in [1.29, 1.82) is 0 Å². The van der Waals surface area contributed by atoms with E-state index in [-0.39, 0.29) is 5.82 Å². The SMILES string of the molecule is CN(C)C(=S)N/N=C\c1nccc2cc(F)ccc12. The average Bonchev–Trinajstić information content (AvgIpc) is 2.38. The molecule has 6 heteroatoms. The third-order valence-electron chi connectivity index (χ3n) is 2.51. The Labute approximate surface area is 115 Å². The number of rotatable bonds is 2. The van der Waals surface area contributed by atoms with Crippen LogP contribution < -0.4 is 5.43 Å². The standard InChI is InChI=1S/C13H13FN4S/c1-18(2)13(19)17-16-8-12-11-4-3-10(14)7-9(11)5-6-15-12/h3-8H,1-2H3,(H,17,19)/b16-8-. The molecule has 0 aliphatic rings. The molecule has 1 aromatic heterocycles. The molecule has 2 aromatic rings. The normalized spacial score (nSPS) is 10.9. The maximum atomic E-state index is 13.1. The van der Waals surface area contributed by atoms with Gasteiger partial charge in [0.15, 0.2) is 5.11 Å². The van der Waals surface area contributed by atoms with Crippen molar-refractivity contribution in [3.05, 3.63) is 42.0 Å². The van der Waals surface area contributed by atoms with E-state index in [0.29, 0.717) is 10.8 Å². The summed E-state index contributed by atoms with van der Waals surface area (Å²) < 4.78 is 13.1. The first-order chi connectivity index (χ1) is 9.08. The zero-order valence-electron chi connectivity index (χ0n) is 10.6. The van der Waals surface area contributed by atoms with E-state index in [9.17, 15) is 4.39 Å². The first-order valence-corrected chi connectivity index (χ1v) is 6.03. The molecule has 0 radical (unpaired) electrons. The topological polar surface area (TPSA) is 40.5 Å². The third-order valence-corrected chi connectivity index (χ3v) is 2.97. The molecule has 4 nitrogen and oxygen atoms in total. The van der Waals surface area contributed by atoms with E-state index >= 15 is 0 Å². The molecule has 1 heterocycles. The van der Waals surface area contributed by atoms with E-state index < -0.39 is 0 Å². The molecule has 19 heavy (non-hydrogen) atoms. The fraction of sp³-hybridized carbons (Fsp3) is 0.154. The lowest BCUT2D eigenvalue weighted by atomic mass is 10.1. The molecular formula is C13H13FN4S. The summed E-state index contributed by atoms with van der Waals surface area (Å²) in [6, 6.07) is 6.31. The average molecular weight is 276 g/mol. The van der Waals surface area contributed by atoms with E-state index in [0.717, 1.165) is 10.8 Å². The first-order valence-electron chi connectivity index (χ1n) is 5.62. The van der Waals surface area contributed by atoms with Crippen molar-refractivity contribution in [1.82, 2.24) is 15.3 Å². The minimum absolute atomic E-state index is 0.270. The summed E-state index contributed by atoms with van der Waals surface area (Å²) in [5, 5.41) is 6.15. The Hall–Kier alpha value is -2.08. The van der Waals surface area contributed by atoms with Gasteiger partial charge in [-0.2, -0.15) is 5.10 Å². The molecule has 0 atom stereocenters. The highest BCUT2D eigenvalue weighted by Crippen LogP contribution is 2.16. The van der Waals surface area contributed by atoms with Crippen LogP contribution in [0.3, 0.4) is 0 Å². The Morgan fingerprint density at radius 2 is 2.21 bits per heavy atom. The van der Waals surface area contributed by atoms with Crippen molar-refractivity contribution in [3.8, 4) is 0 Å². The highest BCUT2D eigenvalue weighted by molar-refractivity contribution is 7.80. The van der Waals surface area contributed by atoms with E-state index in [1.54, 1.807) is 29.4 Å². The van der Waals surface area contributed by atoms with Crippen molar-refractivity contribution in [2.75, 3.05) is 14.1 Å². The van der Waals surface area contributed by atoms with Gasteiger partial charge in [0.25, 0.3) is 0 Å². The van der Waals surface area contributed by atoms with Crippen LogP contribution in [0.4, 0.5) is 4.39 Å². The Balaban J connectivity index is 2.26. The Morgan fingerprint density at radius 3 is 2.95 bits per heavy atom. The Kier molecular flexibility index (Phi) is 4.01. The number of halogens is 1. The van der Waals surface area contributed by atoms with Crippen LogP contribution >= 0.6 is 12.2 Å². The van der Waals surface area contributed by atoms with E-state index in [2.05, 4.69) is 15.5 Å². The zero-order valence-corrected chi connectivity index (χ0v) is 11.4. The van der Waals surface area contributed by atoms with Crippen molar-refractivity contribution < 1.29 is 4.39 Å². The second-order valence-corrected chi connectivity index (χ2v) is 4.52. The predicted octanol–water partition coefficient (Wildman–Crippen LogP) is 2.14. The number of aromatic nitrogens is 1. The van der Waals surface area contributed by atoms with Crippen LogP contribution in [0.5, 0.6) is 0 Å². The number of hydrogen-bond acceptors (Lipinski definition) is 3. The molecule has 0 saturated carbocycles. The van der Waals surface area contributed by atoms with Crippen LogP contribution in [0, 0.1) is 5.82 Å². The zero-order chi connectivity index (χ0) is 13.8. The summed E-state index contributed by atoms with van der Waals surface area (Å²) in [5.74, 6) is -0.270. The molecule has 1 aromatic carbocycles. The number of hydrogen-bond donors (Lipinski definition) is 1. The molecule has 0 bridgehead atoms. The molecule has 2 rings (SSSR count). The van der Waals surface area contributed by atoms with Gasteiger partial charge in [0, 0.05) is 25.7 Å². The number of thiocarbonyl (C=S) groups is 1. The van der Waals surface area contributed by atoms with Crippen molar-refractivity contribution in [3.63, 3.8) is 0 Å². The molecule has 0 spiro atoms. The molecule has 0 fully saturated rings. The second-order valence-electron chi connectivity index (χ2n) is 4.13. The predicted molar refractivity (Wildman–Crippen MR) is 78.7 cm³/mol. The van der Waals surface area contributed by atoms with Crippen molar-refractivity contribution >= 4 is 34.3 Å². The lowest BCUT2D eigenvalue weighted by Crippen LogP contribution is -2.30. The number of benzene rings is 1. The minimum atomic E-state index is -0.270. The van der Waals surface area contributed by atoms with Crippen LogP contribution in [0.15, 0.2) is 35.6 Å². The maximum Gasteiger partial charge on any atom is 0.189 e. The number of fused-ring (bicyclic) bond motifs is 1. The molecule has 0 aliphatic heterocycles. The molecular weight excluding hydrogens is 263 g/mol. The highest BCUT2D eigenvalue weighted by Gasteiger charge is 2.01. The summed E-state index contributed by atoms with van der Waals surface area (Å²) in [7, 11) is 3.65. The summed E-state index contributed by atoms with van der Waals surface area (Å²) >= 11 is 5.04. The summed E-state index contributed by atoms with van der Waals surface area (Å²) in [5.41, 5.74) is 3.38. The van der Waals surface area contributed by atoms with Gasteiger partial charge in [-0.15, -0.1) is 0 Å². The van der Waals surface area contributed by atoms with Gasteiger partial charge in [0.2, 0.25) is 0 Å². The van der Waals surface area contributed by atoms with Gasteiger partial charge >= 0.3 is 0 Å². The summed E-state index contributed by atoms with van der Waals surface area (Å²) in [6.07, 6.45) is 3.18. The second kappa shape index (κ2) is 5.71. The Bertz CT molecular complexity index is 640. The van der Waals surface area contributed by atoms with Gasteiger partial charge < -0.3 is 4.90 Å². The van der Waals surface area contributed by atoms with Crippen LogP contribution in [0.2, 0.25) is 0 Å². The lowest BCUT2D eigenvalue weighted by molar-refractivity contribution is 0.606. The van der Waals surface area contributed by atoms with Gasteiger partial charge in [-0.3, -0.25) is 10.4 Å². The van der Waals surface area contributed by atoms with E-state index in [1.165, 1.54) is 12.1 Å². The molecule has 1 N–H and O–H groups in total. The van der Waals surface area contributed by atoms with E-state index in [1.807, 2.05) is 14.1 Å². The summed E-state index contributed by atoms with van der Waals surface area (Å²) in [4.78, 5) is 5.94. The highest BCUT2D eigenvalue weighted by atomic mass is 32.1. The summed E-state index contributed by atoms with van der Waals surface area (Å²) in [6.45, 7) is 0. The fourth-order valence-corrected chi connectivity index (χ4v) is 1.58. The van der Waals surface area contributed by atoms with Gasteiger partial charge in [-0.1, -0.05) is 0 Å². The minimum Gasteiger partial charge on any atom is -0.354 e. The van der Waals surface area contributed by atoms with Crippen LogP contribution in [-0.4, -0.2) is 35.3 Å². The van der Waals surface area contributed by atoms with Crippen LogP contribution in [0.1, 0.15) is 5.69 Å². The van der Waals surface area contributed by atoms with Crippen molar-refractivity contribution in [2.24, 2.45) is 5.10 Å². The number of nitrogens with one attached hydrogen (secondary N) is 1. The number of nitrogens with zero attached hydrogens (tertiary/aromatic N) is 3. The smallest absolute Gasteiger partial charge is 0.189 e. The molecule has 0 saturated heterocycles. The number of pyridine rings is 1. The largest absolute Gasteiger partial charge is 0.354 e. The van der Waals surface area contributed by atoms with Crippen molar-refractivity contribution in [2.45, 2.75) is 0 Å². The number of hydrazone groups is 1. The van der Waals surface area contributed by atoms with Gasteiger partial charge in [-0.05, 0) is 41.9 Å². The molecule has 0 amide bonds. The first kappa shape index (κ1) is 13.4. The van der Waals surface area contributed by atoms with E-state index in [4.69, 9.17) is 12.2 Å². The molecule has 98 valence electrons. The quantitative estimate of drug-likeness (QED) is 0.518. The molecule has 0 unspecified atom stereocenters. The monoisotopic (exact) mass is 276 g/mol. The van der Waals surface area contributed by atoms with Gasteiger partial charge in [-0.25, -0.2) is 4.39 Å². The fourth-order valence-electron chi connectivity index (χ4n) is 1.52. The van der Waals surface area contributed by atoms with Crippen LogP contribution in [0.25, 0.3) is 10.8 Å². The Morgan fingerprint density at radius 1 is 1.42 bits per heavy atom. The lowest BCUT2D eigenvalue weighted by Gasteiger charge is -2.11.